The van der Waals surface area contributed by atoms with Gasteiger partial charge in [0.05, 0.1) is 12.2 Å². The van der Waals surface area contributed by atoms with Gasteiger partial charge in [0.15, 0.2) is 0 Å². The van der Waals surface area contributed by atoms with Crippen LogP contribution in [0.25, 0.3) is 0 Å². The maximum absolute atomic E-state index is 14.4. The molecule has 1 fully saturated rings. The minimum Gasteiger partial charge on any atom is -0.344 e. The van der Waals surface area contributed by atoms with Gasteiger partial charge in [0, 0.05) is 18.4 Å². The molecule has 0 aromatic rings. The number of halogens is 2. The summed E-state index contributed by atoms with van der Waals surface area (Å²) in [5, 5.41) is 6.11. The third kappa shape index (κ3) is 4.19. The Morgan fingerprint density at radius 1 is 1.48 bits per heavy atom. The van der Waals surface area contributed by atoms with Crippen molar-refractivity contribution in [3.05, 3.63) is 35.6 Å². The summed E-state index contributed by atoms with van der Waals surface area (Å²) in [6.45, 7) is 1.94. The Morgan fingerprint density at radius 2 is 2.28 bits per heavy atom. The van der Waals surface area contributed by atoms with Crippen molar-refractivity contribution in [1.29, 1.82) is 0 Å². The van der Waals surface area contributed by atoms with Gasteiger partial charge in [-0.1, -0.05) is 6.08 Å². The van der Waals surface area contributed by atoms with E-state index in [-0.39, 0.29) is 41.9 Å². The first-order chi connectivity index (χ1) is 11.9. The number of hydrogen-bond donors (Lipinski definition) is 3. The minimum atomic E-state index is -0.531. The maximum Gasteiger partial charge on any atom is 0.266 e. The van der Waals surface area contributed by atoms with Crippen molar-refractivity contribution < 1.29 is 13.6 Å². The molecule has 3 rings (SSSR count). The molecule has 3 aliphatic rings. The number of rotatable bonds is 3. The molecule has 1 saturated heterocycles. The van der Waals surface area contributed by atoms with Crippen LogP contribution in [-0.4, -0.2) is 34.5 Å². The van der Waals surface area contributed by atoms with Crippen molar-refractivity contribution in [3.63, 3.8) is 0 Å². The summed E-state index contributed by atoms with van der Waals surface area (Å²) in [5.41, 5.74) is 6.10. The van der Waals surface area contributed by atoms with Gasteiger partial charge in [0.2, 0.25) is 0 Å². The SMILES string of the molecule is CC1(C2=C(F)C=CC(NC(=O)C3=NC=C(F)CC3)C2)CCSC(N)N1. The van der Waals surface area contributed by atoms with E-state index in [1.807, 2.05) is 6.92 Å². The van der Waals surface area contributed by atoms with E-state index in [2.05, 4.69) is 15.6 Å². The van der Waals surface area contributed by atoms with Gasteiger partial charge in [0.1, 0.15) is 22.9 Å². The molecule has 2 heterocycles. The van der Waals surface area contributed by atoms with E-state index < -0.39 is 5.54 Å². The second-order valence-electron chi connectivity index (χ2n) is 6.64. The van der Waals surface area contributed by atoms with E-state index >= 15 is 0 Å². The lowest BCUT2D eigenvalue weighted by Crippen LogP contribution is -2.56. The standard InChI is InChI=1S/C17H22F2N4OS/c1-17(6-7-25-16(20)23-17)12-8-11(3-4-13(12)19)22-15(24)14-5-2-10(18)9-21-14/h3-4,9,11,16,23H,2,5-8,20H2,1H3,(H,22,24). The summed E-state index contributed by atoms with van der Waals surface area (Å²) >= 11 is 1.60. The number of nitrogens with two attached hydrogens (primary N) is 1. The lowest BCUT2D eigenvalue weighted by atomic mass is 9.82. The average molecular weight is 368 g/mol. The summed E-state index contributed by atoms with van der Waals surface area (Å²) in [7, 11) is 0. The topological polar surface area (TPSA) is 79.5 Å². The first-order valence-electron chi connectivity index (χ1n) is 8.32. The van der Waals surface area contributed by atoms with Gasteiger partial charge in [-0.3, -0.25) is 15.1 Å². The van der Waals surface area contributed by atoms with Crippen LogP contribution in [0.3, 0.4) is 0 Å². The molecule has 25 heavy (non-hydrogen) atoms. The van der Waals surface area contributed by atoms with Gasteiger partial charge in [-0.15, -0.1) is 11.8 Å². The highest BCUT2D eigenvalue weighted by molar-refractivity contribution is 7.99. The highest BCUT2D eigenvalue weighted by atomic mass is 32.2. The van der Waals surface area contributed by atoms with Crippen LogP contribution in [0.2, 0.25) is 0 Å². The number of nitrogens with one attached hydrogen (secondary N) is 2. The van der Waals surface area contributed by atoms with E-state index in [9.17, 15) is 13.6 Å². The number of carbonyl (C=O) groups excluding carboxylic acids is 1. The van der Waals surface area contributed by atoms with Crippen molar-refractivity contribution in [1.82, 2.24) is 10.6 Å². The third-order valence-corrected chi connectivity index (χ3v) is 5.67. The molecule has 2 aliphatic heterocycles. The predicted molar refractivity (Wildman–Crippen MR) is 96.3 cm³/mol. The monoisotopic (exact) mass is 368 g/mol. The number of carbonyl (C=O) groups is 1. The molecular weight excluding hydrogens is 346 g/mol. The second-order valence-corrected chi connectivity index (χ2v) is 7.89. The molecule has 4 N–H and O–H groups in total. The molecule has 1 aliphatic carbocycles. The van der Waals surface area contributed by atoms with Gasteiger partial charge in [-0.2, -0.15) is 0 Å². The largest absolute Gasteiger partial charge is 0.344 e. The Balaban J connectivity index is 1.69. The first kappa shape index (κ1) is 18.3. The second kappa shape index (κ2) is 7.39. The van der Waals surface area contributed by atoms with E-state index in [1.165, 1.54) is 6.08 Å². The molecule has 0 bridgehead atoms. The third-order valence-electron chi connectivity index (χ3n) is 4.75. The molecule has 0 aromatic heterocycles. The van der Waals surface area contributed by atoms with Crippen LogP contribution in [-0.2, 0) is 4.79 Å². The number of allylic oxidation sites excluding steroid dienone is 3. The zero-order valence-corrected chi connectivity index (χ0v) is 14.8. The molecular formula is C17H22F2N4OS. The number of thioether (sulfide) groups is 1. The van der Waals surface area contributed by atoms with Gasteiger partial charge >= 0.3 is 0 Å². The highest BCUT2D eigenvalue weighted by Gasteiger charge is 2.37. The van der Waals surface area contributed by atoms with Gasteiger partial charge in [-0.05, 0) is 37.2 Å². The van der Waals surface area contributed by atoms with Crippen molar-refractivity contribution >= 4 is 23.4 Å². The molecule has 0 aromatic carbocycles. The van der Waals surface area contributed by atoms with E-state index in [1.54, 1.807) is 17.8 Å². The van der Waals surface area contributed by atoms with Gasteiger partial charge in [0.25, 0.3) is 5.91 Å². The molecule has 1 amide bonds. The number of hydrogen-bond acceptors (Lipinski definition) is 5. The molecule has 3 atom stereocenters. The molecule has 0 saturated carbocycles. The highest BCUT2D eigenvalue weighted by Crippen LogP contribution is 2.36. The molecule has 3 unspecified atom stereocenters. The Labute approximate surface area is 149 Å². The van der Waals surface area contributed by atoms with Crippen molar-refractivity contribution in [2.75, 3.05) is 5.75 Å². The molecule has 8 heteroatoms. The van der Waals surface area contributed by atoms with Crippen molar-refractivity contribution in [2.24, 2.45) is 10.7 Å². The molecule has 136 valence electrons. The zero-order valence-electron chi connectivity index (χ0n) is 14.0. The Bertz CT molecular complexity index is 688. The van der Waals surface area contributed by atoms with Crippen LogP contribution >= 0.6 is 11.8 Å². The Morgan fingerprint density at radius 3 is 2.96 bits per heavy atom. The van der Waals surface area contributed by atoms with Crippen LogP contribution in [0.15, 0.2) is 40.6 Å². The number of amides is 1. The summed E-state index contributed by atoms with van der Waals surface area (Å²) in [4.78, 5) is 16.1. The summed E-state index contributed by atoms with van der Waals surface area (Å²) in [6.07, 6.45) is 5.69. The lowest BCUT2D eigenvalue weighted by Gasteiger charge is -2.41. The van der Waals surface area contributed by atoms with Crippen molar-refractivity contribution in [2.45, 2.75) is 49.7 Å². The van der Waals surface area contributed by atoms with Crippen LogP contribution in [0.4, 0.5) is 8.78 Å². The maximum atomic E-state index is 14.4. The summed E-state index contributed by atoms with van der Waals surface area (Å²) < 4.78 is 27.4. The van der Waals surface area contributed by atoms with E-state index in [4.69, 9.17) is 5.73 Å². The first-order valence-corrected chi connectivity index (χ1v) is 9.36. The fourth-order valence-corrected chi connectivity index (χ4v) is 4.39. The Hall–Kier alpha value is -1.51. The fraction of sp³-hybridized carbons (Fsp3) is 0.529. The van der Waals surface area contributed by atoms with Crippen LogP contribution in [0, 0.1) is 0 Å². The zero-order chi connectivity index (χ0) is 18.0. The minimum absolute atomic E-state index is 0.185. The normalized spacial score (nSPS) is 33.0. The summed E-state index contributed by atoms with van der Waals surface area (Å²) in [5.74, 6) is -0.0998. The summed E-state index contributed by atoms with van der Waals surface area (Å²) in [6, 6.07) is -0.329. The molecule has 0 spiro atoms. The molecule has 0 radical (unpaired) electrons. The predicted octanol–water partition coefficient (Wildman–Crippen LogP) is 2.43. The van der Waals surface area contributed by atoms with E-state index in [0.29, 0.717) is 17.7 Å². The Kier molecular flexibility index (Phi) is 5.41. The fourth-order valence-electron chi connectivity index (χ4n) is 3.27. The van der Waals surface area contributed by atoms with E-state index in [0.717, 1.165) is 18.4 Å². The van der Waals surface area contributed by atoms with Gasteiger partial charge < -0.3 is 11.1 Å². The number of nitrogens with zero attached hydrogens (tertiary/aromatic N) is 1. The smallest absolute Gasteiger partial charge is 0.266 e. The van der Waals surface area contributed by atoms with Crippen LogP contribution in [0.1, 0.15) is 32.6 Å². The molecule has 5 nitrogen and oxygen atoms in total. The van der Waals surface area contributed by atoms with Gasteiger partial charge in [-0.25, -0.2) is 8.78 Å². The quantitative estimate of drug-likeness (QED) is 0.715. The number of aliphatic imine (C=N–C) groups is 1. The average Bonchev–Trinajstić information content (AvgIpc) is 2.57. The van der Waals surface area contributed by atoms with Crippen LogP contribution in [0.5, 0.6) is 0 Å². The van der Waals surface area contributed by atoms with Crippen molar-refractivity contribution in [3.8, 4) is 0 Å². The van der Waals surface area contributed by atoms with Crippen LogP contribution < -0.4 is 16.4 Å². The lowest BCUT2D eigenvalue weighted by molar-refractivity contribution is -0.115.